The van der Waals surface area contributed by atoms with E-state index >= 15 is 0 Å². The Hall–Kier alpha value is -3.39. The van der Waals surface area contributed by atoms with E-state index in [4.69, 9.17) is 9.84 Å². The Bertz CT molecular complexity index is 1020. The van der Waals surface area contributed by atoms with E-state index in [0.717, 1.165) is 22.3 Å². The molecule has 0 spiro atoms. The highest BCUT2D eigenvalue weighted by Crippen LogP contribution is 2.44. The Morgan fingerprint density at radius 2 is 1.54 bits per heavy atom. The number of carbonyl (C=O) groups is 3. The largest absolute Gasteiger partial charge is 0.480 e. The fraction of sp³-hybridized carbons (Fsp3) is 0.444. The summed E-state index contributed by atoms with van der Waals surface area (Å²) in [6, 6.07) is 14.4. The highest BCUT2D eigenvalue weighted by atomic mass is 16.5. The van der Waals surface area contributed by atoms with Crippen LogP contribution < -0.4 is 10.6 Å². The van der Waals surface area contributed by atoms with Crippen LogP contribution in [-0.2, 0) is 14.3 Å². The average molecular weight is 483 g/mol. The summed E-state index contributed by atoms with van der Waals surface area (Å²) in [6.45, 7) is 5.77. The minimum absolute atomic E-state index is 0.0766. The first-order valence-corrected chi connectivity index (χ1v) is 11.8. The number of fused-ring (bicyclic) bond motifs is 3. The van der Waals surface area contributed by atoms with E-state index in [0.29, 0.717) is 6.42 Å². The Labute approximate surface area is 205 Å². The molecule has 0 aromatic heterocycles. The molecule has 35 heavy (non-hydrogen) atoms. The summed E-state index contributed by atoms with van der Waals surface area (Å²) < 4.78 is 5.62. The highest BCUT2D eigenvalue weighted by molar-refractivity contribution is 5.84. The van der Waals surface area contributed by atoms with Gasteiger partial charge in [-0.25, -0.2) is 9.59 Å². The van der Waals surface area contributed by atoms with Gasteiger partial charge >= 0.3 is 12.1 Å². The predicted octanol–water partition coefficient (Wildman–Crippen LogP) is 3.67. The maximum Gasteiger partial charge on any atom is 0.407 e. The zero-order valence-corrected chi connectivity index (χ0v) is 20.4. The summed E-state index contributed by atoms with van der Waals surface area (Å²) >= 11 is 0. The molecule has 0 fully saturated rings. The monoisotopic (exact) mass is 482 g/mol. The molecule has 2 aromatic rings. The number of ether oxygens (including phenoxy) is 1. The Kier molecular flexibility index (Phi) is 8.51. The van der Waals surface area contributed by atoms with Crippen molar-refractivity contribution in [1.82, 2.24) is 10.6 Å². The standard InChI is InChI=1S/C27H34N2O6/c1-27(2,3)15-17(14-24(31)29-23(12-13-30)25(32)33)28-26(34)35-16-22-20-10-6-4-8-18(20)19-9-5-7-11-21(19)22/h4-11,17,22-23,30H,12-16H2,1-3H3,(H,28,34)(H,29,31)(H,32,33)/t17?,23-/m1/s1. The Morgan fingerprint density at radius 1 is 0.971 bits per heavy atom. The van der Waals surface area contributed by atoms with Crippen molar-refractivity contribution in [3.63, 3.8) is 0 Å². The van der Waals surface area contributed by atoms with Gasteiger partial charge in [0.25, 0.3) is 0 Å². The van der Waals surface area contributed by atoms with Gasteiger partial charge in [0.1, 0.15) is 12.6 Å². The molecule has 0 aliphatic heterocycles. The summed E-state index contributed by atoms with van der Waals surface area (Å²) in [5, 5.41) is 23.5. The molecule has 8 heteroatoms. The van der Waals surface area contributed by atoms with Crippen molar-refractivity contribution in [3.05, 3.63) is 59.7 Å². The van der Waals surface area contributed by atoms with Gasteiger partial charge in [0.15, 0.2) is 0 Å². The number of carbonyl (C=O) groups excluding carboxylic acids is 2. The van der Waals surface area contributed by atoms with E-state index in [1.807, 2.05) is 57.2 Å². The number of hydrogen-bond donors (Lipinski definition) is 4. The Balaban J connectivity index is 1.64. The average Bonchev–Trinajstić information content (AvgIpc) is 3.10. The van der Waals surface area contributed by atoms with Crippen LogP contribution in [0.25, 0.3) is 11.1 Å². The number of aliphatic hydroxyl groups is 1. The van der Waals surface area contributed by atoms with Crippen LogP contribution in [0.2, 0.25) is 0 Å². The molecule has 0 saturated carbocycles. The summed E-state index contributed by atoms with van der Waals surface area (Å²) in [7, 11) is 0. The van der Waals surface area contributed by atoms with Crippen LogP contribution in [0.3, 0.4) is 0 Å². The molecular formula is C27H34N2O6. The quantitative estimate of drug-likeness (QED) is 0.410. The maximum atomic E-state index is 12.7. The first-order valence-electron chi connectivity index (χ1n) is 11.8. The second-order valence-corrected chi connectivity index (χ2v) is 10.1. The third kappa shape index (κ3) is 7.05. The molecule has 188 valence electrons. The third-order valence-electron chi connectivity index (χ3n) is 6.01. The number of alkyl carbamates (subject to hydrolysis) is 1. The first kappa shape index (κ1) is 26.2. The van der Waals surface area contributed by atoms with Gasteiger partial charge in [-0.1, -0.05) is 69.3 Å². The van der Waals surface area contributed by atoms with Crippen LogP contribution >= 0.6 is 0 Å². The molecule has 1 aliphatic carbocycles. The second-order valence-electron chi connectivity index (χ2n) is 10.1. The van der Waals surface area contributed by atoms with Crippen molar-refractivity contribution in [3.8, 4) is 11.1 Å². The zero-order valence-electron chi connectivity index (χ0n) is 20.4. The normalized spacial score (nSPS) is 14.4. The van der Waals surface area contributed by atoms with Crippen LogP contribution in [0.5, 0.6) is 0 Å². The maximum absolute atomic E-state index is 12.7. The number of nitrogens with one attached hydrogen (secondary N) is 2. The second kappa shape index (κ2) is 11.4. The van der Waals surface area contributed by atoms with Gasteiger partial charge in [-0.05, 0) is 34.1 Å². The zero-order chi connectivity index (χ0) is 25.6. The van der Waals surface area contributed by atoms with Gasteiger partial charge in [-0.2, -0.15) is 0 Å². The summed E-state index contributed by atoms with van der Waals surface area (Å²) in [6.07, 6.45) is -0.330. The minimum atomic E-state index is -1.22. The van der Waals surface area contributed by atoms with Crippen LogP contribution in [0, 0.1) is 5.41 Å². The number of aliphatic carboxylic acids is 1. The molecular weight excluding hydrogens is 448 g/mol. The molecule has 3 rings (SSSR count). The first-order chi connectivity index (χ1) is 16.6. The van der Waals surface area contributed by atoms with Crippen LogP contribution in [-0.4, -0.2) is 53.5 Å². The summed E-state index contributed by atoms with van der Waals surface area (Å²) in [5.74, 6) is -1.81. The lowest BCUT2D eigenvalue weighted by Gasteiger charge is -2.27. The summed E-state index contributed by atoms with van der Waals surface area (Å²) in [5.41, 5.74) is 4.29. The predicted molar refractivity (Wildman–Crippen MR) is 132 cm³/mol. The lowest BCUT2D eigenvalue weighted by atomic mass is 9.87. The number of carboxylic acid groups (broad SMARTS) is 1. The SMILES string of the molecule is CC(C)(C)CC(CC(=O)N[C@H](CCO)C(=O)O)NC(=O)OCC1c2ccccc2-c2ccccc21. The molecule has 2 aromatic carbocycles. The smallest absolute Gasteiger partial charge is 0.407 e. The molecule has 2 atom stereocenters. The van der Waals surface area contributed by atoms with Crippen molar-refractivity contribution < 1.29 is 29.3 Å². The van der Waals surface area contributed by atoms with E-state index < -0.39 is 30.1 Å². The van der Waals surface area contributed by atoms with E-state index in [1.165, 1.54) is 0 Å². The lowest BCUT2D eigenvalue weighted by molar-refractivity contribution is -0.142. The van der Waals surface area contributed by atoms with Gasteiger partial charge < -0.3 is 25.6 Å². The van der Waals surface area contributed by atoms with E-state index in [-0.39, 0.29) is 37.4 Å². The topological polar surface area (TPSA) is 125 Å². The number of amides is 2. The van der Waals surface area contributed by atoms with Gasteiger partial charge in [-0.15, -0.1) is 0 Å². The molecule has 2 amide bonds. The van der Waals surface area contributed by atoms with Gasteiger partial charge in [0.05, 0.1) is 0 Å². The van der Waals surface area contributed by atoms with Gasteiger partial charge in [-0.3, -0.25) is 4.79 Å². The number of aliphatic hydroxyl groups excluding tert-OH is 1. The van der Waals surface area contributed by atoms with Crippen LogP contribution in [0.4, 0.5) is 4.79 Å². The van der Waals surface area contributed by atoms with Crippen molar-refractivity contribution in [2.45, 2.75) is 58.0 Å². The van der Waals surface area contributed by atoms with Crippen molar-refractivity contribution in [2.24, 2.45) is 5.41 Å². The fourth-order valence-corrected chi connectivity index (χ4v) is 4.58. The molecule has 1 unspecified atom stereocenters. The number of carboxylic acids is 1. The van der Waals surface area contributed by atoms with Gasteiger partial charge in [0.2, 0.25) is 5.91 Å². The third-order valence-corrected chi connectivity index (χ3v) is 6.01. The molecule has 4 N–H and O–H groups in total. The highest BCUT2D eigenvalue weighted by Gasteiger charge is 2.30. The molecule has 0 heterocycles. The fourth-order valence-electron chi connectivity index (χ4n) is 4.58. The molecule has 0 radical (unpaired) electrons. The Morgan fingerprint density at radius 3 is 2.06 bits per heavy atom. The van der Waals surface area contributed by atoms with E-state index in [2.05, 4.69) is 22.8 Å². The molecule has 8 nitrogen and oxygen atoms in total. The van der Waals surface area contributed by atoms with Crippen molar-refractivity contribution in [1.29, 1.82) is 0 Å². The molecule has 0 saturated heterocycles. The molecule has 0 bridgehead atoms. The number of hydrogen-bond acceptors (Lipinski definition) is 5. The van der Waals surface area contributed by atoms with Gasteiger partial charge in [0, 0.05) is 31.4 Å². The summed E-state index contributed by atoms with van der Waals surface area (Å²) in [4.78, 5) is 36.5. The van der Waals surface area contributed by atoms with Crippen molar-refractivity contribution in [2.75, 3.05) is 13.2 Å². The van der Waals surface area contributed by atoms with Crippen molar-refractivity contribution >= 4 is 18.0 Å². The lowest BCUT2D eigenvalue weighted by Crippen LogP contribution is -2.46. The van der Waals surface area contributed by atoms with E-state index in [1.54, 1.807) is 0 Å². The number of benzene rings is 2. The molecule has 1 aliphatic rings. The van der Waals surface area contributed by atoms with Crippen LogP contribution in [0.15, 0.2) is 48.5 Å². The van der Waals surface area contributed by atoms with Crippen LogP contribution in [0.1, 0.15) is 57.1 Å². The number of rotatable bonds is 10. The minimum Gasteiger partial charge on any atom is -0.480 e. The van der Waals surface area contributed by atoms with E-state index in [9.17, 15) is 19.5 Å².